The molecule has 0 bridgehead atoms. The van der Waals surface area contributed by atoms with Crippen LogP contribution in [0.2, 0.25) is 20.1 Å². The first kappa shape index (κ1) is 20.4. The molecule has 2 aromatic carbocycles. The minimum absolute atomic E-state index is 0.273. The number of benzene rings is 2. The maximum Gasteiger partial charge on any atom is 0.255 e. The highest BCUT2D eigenvalue weighted by Gasteiger charge is 2.11. The monoisotopic (exact) mass is 453 g/mol. The zero-order chi connectivity index (χ0) is 20.3. The Labute approximate surface area is 180 Å². The van der Waals surface area contributed by atoms with E-state index in [9.17, 15) is 9.59 Å². The first-order chi connectivity index (χ1) is 13.3. The number of aromatic nitrogens is 1. The Hall–Kier alpha value is -2.31. The third kappa shape index (κ3) is 4.94. The summed E-state index contributed by atoms with van der Waals surface area (Å²) in [5.74, 6) is -0.790. The molecule has 0 radical (unpaired) electrons. The van der Waals surface area contributed by atoms with Crippen LogP contribution in [-0.2, 0) is 0 Å². The molecule has 1 aromatic heterocycles. The number of halogens is 4. The fourth-order valence-corrected chi connectivity index (χ4v) is 2.85. The number of hydrogen-bond acceptors (Lipinski definition) is 3. The minimum Gasteiger partial charge on any atom is -0.321 e. The normalized spacial score (nSPS) is 10.4. The average molecular weight is 455 g/mol. The van der Waals surface area contributed by atoms with Gasteiger partial charge in [-0.25, -0.2) is 0 Å². The standard InChI is InChI=1S/C19H11Cl4N3O2/c20-14-3-1-10(5-16(14)22)18(27)25-12-7-13(9-24-8-12)26-19(28)11-2-4-15(21)17(23)6-11/h1-9H,(H,25,27)(H,26,28). The van der Waals surface area contributed by atoms with Crippen LogP contribution in [0, 0.1) is 0 Å². The number of rotatable bonds is 4. The highest BCUT2D eigenvalue weighted by Crippen LogP contribution is 2.24. The van der Waals surface area contributed by atoms with Crippen molar-refractivity contribution in [1.82, 2.24) is 4.98 Å². The number of nitrogens with zero attached hydrogens (tertiary/aromatic N) is 1. The zero-order valence-electron chi connectivity index (χ0n) is 14.0. The van der Waals surface area contributed by atoms with E-state index in [0.29, 0.717) is 32.5 Å². The van der Waals surface area contributed by atoms with Gasteiger partial charge in [0.25, 0.3) is 11.8 Å². The predicted molar refractivity (Wildman–Crippen MR) is 113 cm³/mol. The van der Waals surface area contributed by atoms with E-state index < -0.39 is 11.8 Å². The quantitative estimate of drug-likeness (QED) is 0.492. The molecule has 0 aliphatic rings. The predicted octanol–water partition coefficient (Wildman–Crippen LogP) is 6.20. The number of pyridine rings is 1. The van der Waals surface area contributed by atoms with Crippen LogP contribution in [0.25, 0.3) is 0 Å². The maximum absolute atomic E-state index is 12.3. The van der Waals surface area contributed by atoms with Crippen molar-refractivity contribution in [3.63, 3.8) is 0 Å². The lowest BCUT2D eigenvalue weighted by Crippen LogP contribution is -2.14. The average Bonchev–Trinajstić information content (AvgIpc) is 2.66. The molecule has 0 spiro atoms. The Bertz CT molecular complexity index is 992. The third-order valence-electron chi connectivity index (χ3n) is 3.62. The molecule has 0 fully saturated rings. The van der Waals surface area contributed by atoms with Crippen molar-refractivity contribution in [2.24, 2.45) is 0 Å². The summed E-state index contributed by atoms with van der Waals surface area (Å²) < 4.78 is 0. The van der Waals surface area contributed by atoms with Gasteiger partial charge in [-0.2, -0.15) is 0 Å². The van der Waals surface area contributed by atoms with Crippen molar-refractivity contribution in [1.29, 1.82) is 0 Å². The van der Waals surface area contributed by atoms with Gasteiger partial charge in [-0.1, -0.05) is 46.4 Å². The smallest absolute Gasteiger partial charge is 0.255 e. The molecule has 0 saturated carbocycles. The lowest BCUT2D eigenvalue weighted by Gasteiger charge is -2.09. The highest BCUT2D eigenvalue weighted by molar-refractivity contribution is 6.42. The molecule has 28 heavy (non-hydrogen) atoms. The number of amides is 2. The minimum atomic E-state index is -0.395. The van der Waals surface area contributed by atoms with Crippen molar-refractivity contribution in [2.45, 2.75) is 0 Å². The van der Waals surface area contributed by atoms with Crippen LogP contribution in [0.4, 0.5) is 11.4 Å². The molecular weight excluding hydrogens is 444 g/mol. The van der Waals surface area contributed by atoms with E-state index in [1.807, 2.05) is 0 Å². The molecule has 2 amide bonds. The number of carbonyl (C=O) groups excluding carboxylic acids is 2. The van der Waals surface area contributed by atoms with Gasteiger partial charge in [0.1, 0.15) is 0 Å². The summed E-state index contributed by atoms with van der Waals surface area (Å²) in [6, 6.07) is 10.7. The van der Waals surface area contributed by atoms with Crippen molar-refractivity contribution < 1.29 is 9.59 Å². The van der Waals surface area contributed by atoms with Gasteiger partial charge in [-0.15, -0.1) is 0 Å². The van der Waals surface area contributed by atoms with Gasteiger partial charge in [0.2, 0.25) is 0 Å². The zero-order valence-corrected chi connectivity index (χ0v) is 17.0. The molecule has 3 rings (SSSR count). The van der Waals surface area contributed by atoms with Gasteiger partial charge < -0.3 is 10.6 Å². The highest BCUT2D eigenvalue weighted by atomic mass is 35.5. The molecular formula is C19H11Cl4N3O2. The fourth-order valence-electron chi connectivity index (χ4n) is 2.26. The molecule has 1 heterocycles. The second kappa shape index (κ2) is 8.80. The van der Waals surface area contributed by atoms with E-state index in [2.05, 4.69) is 15.6 Å². The third-order valence-corrected chi connectivity index (χ3v) is 5.10. The second-order valence-corrected chi connectivity index (χ2v) is 7.26. The number of anilines is 2. The van der Waals surface area contributed by atoms with E-state index in [0.717, 1.165) is 0 Å². The van der Waals surface area contributed by atoms with E-state index in [4.69, 9.17) is 46.4 Å². The Balaban J connectivity index is 1.72. The lowest BCUT2D eigenvalue weighted by molar-refractivity contribution is 0.101. The summed E-state index contributed by atoms with van der Waals surface area (Å²) in [7, 11) is 0. The van der Waals surface area contributed by atoms with Gasteiger partial charge in [-0.05, 0) is 42.5 Å². The number of hydrogen-bond donors (Lipinski definition) is 2. The summed E-state index contributed by atoms with van der Waals surface area (Å²) in [4.78, 5) is 28.7. The number of nitrogens with one attached hydrogen (secondary N) is 2. The van der Waals surface area contributed by atoms with E-state index in [1.54, 1.807) is 18.2 Å². The molecule has 3 aromatic rings. The first-order valence-electron chi connectivity index (χ1n) is 7.81. The molecule has 0 aliphatic carbocycles. The van der Waals surface area contributed by atoms with E-state index in [1.165, 1.54) is 36.7 Å². The van der Waals surface area contributed by atoms with Gasteiger partial charge in [0.05, 0.1) is 43.9 Å². The molecule has 0 unspecified atom stereocenters. The SMILES string of the molecule is O=C(Nc1cncc(NC(=O)c2ccc(Cl)c(Cl)c2)c1)c1ccc(Cl)c(Cl)c1. The fraction of sp³-hybridized carbons (Fsp3) is 0. The number of carbonyl (C=O) groups is 2. The topological polar surface area (TPSA) is 71.1 Å². The summed E-state index contributed by atoms with van der Waals surface area (Å²) in [5, 5.41) is 6.62. The second-order valence-electron chi connectivity index (χ2n) is 5.63. The van der Waals surface area contributed by atoms with Crippen molar-refractivity contribution in [2.75, 3.05) is 10.6 Å². The van der Waals surface area contributed by atoms with Crippen LogP contribution in [0.5, 0.6) is 0 Å². The molecule has 9 heteroatoms. The Morgan fingerprint density at radius 2 is 1.07 bits per heavy atom. The van der Waals surface area contributed by atoms with E-state index in [-0.39, 0.29) is 10.0 Å². The molecule has 0 atom stereocenters. The maximum atomic E-state index is 12.3. The Kier molecular flexibility index (Phi) is 6.42. The molecule has 0 aliphatic heterocycles. The van der Waals surface area contributed by atoms with Crippen molar-refractivity contribution in [3.05, 3.63) is 86.1 Å². The summed E-state index contributed by atoms with van der Waals surface area (Å²) in [6.45, 7) is 0. The summed E-state index contributed by atoms with van der Waals surface area (Å²) >= 11 is 23.6. The Morgan fingerprint density at radius 1 is 0.643 bits per heavy atom. The first-order valence-corrected chi connectivity index (χ1v) is 9.32. The largest absolute Gasteiger partial charge is 0.321 e. The molecule has 2 N–H and O–H groups in total. The molecule has 142 valence electrons. The van der Waals surface area contributed by atoms with Crippen molar-refractivity contribution in [3.8, 4) is 0 Å². The van der Waals surface area contributed by atoms with Crippen LogP contribution in [0.1, 0.15) is 20.7 Å². The van der Waals surface area contributed by atoms with Gasteiger partial charge >= 0.3 is 0 Å². The summed E-state index contributed by atoms with van der Waals surface area (Å²) in [6.07, 6.45) is 2.90. The van der Waals surface area contributed by atoms with Crippen LogP contribution in [0.15, 0.2) is 54.9 Å². The molecule has 5 nitrogen and oxygen atoms in total. The van der Waals surface area contributed by atoms with Crippen LogP contribution in [-0.4, -0.2) is 16.8 Å². The van der Waals surface area contributed by atoms with Gasteiger partial charge in [0.15, 0.2) is 0 Å². The molecule has 0 saturated heterocycles. The lowest BCUT2D eigenvalue weighted by atomic mass is 10.2. The van der Waals surface area contributed by atoms with Crippen LogP contribution < -0.4 is 10.6 Å². The van der Waals surface area contributed by atoms with Crippen LogP contribution >= 0.6 is 46.4 Å². The van der Waals surface area contributed by atoms with Crippen molar-refractivity contribution >= 4 is 69.6 Å². The van der Waals surface area contributed by atoms with Gasteiger partial charge in [0, 0.05) is 11.1 Å². The van der Waals surface area contributed by atoms with Gasteiger partial charge in [-0.3, -0.25) is 14.6 Å². The summed E-state index contributed by atoms with van der Waals surface area (Å²) in [5.41, 5.74) is 1.45. The van der Waals surface area contributed by atoms with Crippen LogP contribution in [0.3, 0.4) is 0 Å². The Morgan fingerprint density at radius 3 is 1.46 bits per heavy atom. The van der Waals surface area contributed by atoms with E-state index >= 15 is 0 Å².